The molecule has 4 unspecified atom stereocenters. The molecule has 0 N–H and O–H groups in total. The maximum absolute atomic E-state index is 6.08. The fourth-order valence-electron chi connectivity index (χ4n) is 6.42. The molecule has 2 spiro atoms. The summed E-state index contributed by atoms with van der Waals surface area (Å²) >= 11 is 0. The zero-order chi connectivity index (χ0) is 12.6. The van der Waals surface area contributed by atoms with Crippen LogP contribution >= 0.6 is 7.92 Å². The lowest BCUT2D eigenvalue weighted by atomic mass is 9.68. The van der Waals surface area contributed by atoms with Crippen LogP contribution in [0.5, 0.6) is 0 Å². The van der Waals surface area contributed by atoms with Crippen LogP contribution in [-0.2, 0) is 9.47 Å². The average Bonchev–Trinajstić information content (AvgIpc) is 2.92. The number of hydrogen-bond donors (Lipinski definition) is 0. The summed E-state index contributed by atoms with van der Waals surface area (Å²) in [6, 6.07) is 0. The summed E-state index contributed by atoms with van der Waals surface area (Å²) in [7, 11) is 0.148. The number of hydrogen-bond acceptors (Lipinski definition) is 2. The van der Waals surface area contributed by atoms with Gasteiger partial charge in [-0.3, -0.25) is 0 Å². The Morgan fingerprint density at radius 3 is 2.39 bits per heavy atom. The third-order valence-electron chi connectivity index (χ3n) is 6.83. The van der Waals surface area contributed by atoms with Crippen molar-refractivity contribution < 1.29 is 9.47 Å². The topological polar surface area (TPSA) is 18.5 Å². The van der Waals surface area contributed by atoms with E-state index in [0.717, 1.165) is 13.2 Å². The van der Waals surface area contributed by atoms with E-state index in [9.17, 15) is 0 Å². The molecule has 0 aromatic carbocycles. The summed E-state index contributed by atoms with van der Waals surface area (Å²) in [5.41, 5.74) is 0.548. The Morgan fingerprint density at radius 2 is 1.72 bits per heavy atom. The maximum Gasteiger partial charge on any atom is 0.169 e. The molecule has 18 heavy (non-hydrogen) atoms. The molecule has 4 rings (SSSR count). The van der Waals surface area contributed by atoms with Crippen molar-refractivity contribution in [1.82, 2.24) is 0 Å². The van der Waals surface area contributed by atoms with Gasteiger partial charge in [-0.1, -0.05) is 35.1 Å². The SMILES string of the molecule is CCP1C2(C)CCCC23CC2(CC13C)OCCO2. The van der Waals surface area contributed by atoms with E-state index in [1.54, 1.807) is 0 Å². The van der Waals surface area contributed by atoms with E-state index in [1.165, 1.54) is 38.3 Å². The smallest absolute Gasteiger partial charge is 0.169 e. The van der Waals surface area contributed by atoms with Gasteiger partial charge < -0.3 is 9.47 Å². The quantitative estimate of drug-likeness (QED) is 0.675. The number of rotatable bonds is 1. The van der Waals surface area contributed by atoms with Crippen LogP contribution in [0, 0.1) is 5.41 Å². The van der Waals surface area contributed by atoms with Crippen LogP contribution in [0.2, 0.25) is 0 Å². The predicted octanol–water partition coefficient (Wildman–Crippen LogP) is 3.73. The molecule has 4 atom stereocenters. The van der Waals surface area contributed by atoms with E-state index < -0.39 is 0 Å². The lowest BCUT2D eigenvalue weighted by molar-refractivity contribution is -0.157. The maximum atomic E-state index is 6.08. The fourth-order valence-corrected chi connectivity index (χ4v) is 11.5. The van der Waals surface area contributed by atoms with E-state index >= 15 is 0 Å². The van der Waals surface area contributed by atoms with Crippen LogP contribution < -0.4 is 0 Å². The molecule has 2 nitrogen and oxygen atoms in total. The molecule has 102 valence electrons. The van der Waals surface area contributed by atoms with Crippen LogP contribution in [0.4, 0.5) is 0 Å². The standard InChI is InChI=1S/C15H25O2P/c1-4-18-12(2)6-5-7-14(12)11-15(10-13(14,18)3)16-8-9-17-15/h4-11H2,1-3H3. The van der Waals surface area contributed by atoms with E-state index in [-0.39, 0.29) is 13.7 Å². The van der Waals surface area contributed by atoms with Crippen molar-refractivity contribution in [3.63, 3.8) is 0 Å². The minimum Gasteiger partial charge on any atom is -0.347 e. The van der Waals surface area contributed by atoms with Crippen LogP contribution in [-0.4, -0.2) is 35.5 Å². The van der Waals surface area contributed by atoms with Crippen molar-refractivity contribution in [2.75, 3.05) is 19.4 Å². The minimum absolute atomic E-state index is 0.148. The van der Waals surface area contributed by atoms with Gasteiger partial charge in [0, 0.05) is 18.0 Å². The Bertz CT molecular complexity index is 392. The molecule has 0 bridgehead atoms. The predicted molar refractivity (Wildman–Crippen MR) is 74.4 cm³/mol. The normalized spacial score (nSPS) is 56.5. The second-order valence-electron chi connectivity index (χ2n) is 7.19. The molecule has 4 fully saturated rings. The Kier molecular flexibility index (Phi) is 2.24. The molecule has 4 aliphatic rings. The second-order valence-corrected chi connectivity index (χ2v) is 10.7. The van der Waals surface area contributed by atoms with E-state index in [2.05, 4.69) is 20.8 Å². The average molecular weight is 268 g/mol. The van der Waals surface area contributed by atoms with Gasteiger partial charge in [-0.25, -0.2) is 0 Å². The van der Waals surface area contributed by atoms with Gasteiger partial charge in [0.15, 0.2) is 5.79 Å². The summed E-state index contributed by atoms with van der Waals surface area (Å²) in [5, 5.41) is 1.16. The molecule has 2 aliphatic carbocycles. The van der Waals surface area contributed by atoms with Gasteiger partial charge >= 0.3 is 0 Å². The lowest BCUT2D eigenvalue weighted by Crippen LogP contribution is -2.63. The van der Waals surface area contributed by atoms with Crippen molar-refractivity contribution >= 4 is 7.92 Å². The molecule has 2 saturated carbocycles. The lowest BCUT2D eigenvalue weighted by Gasteiger charge is -2.70. The van der Waals surface area contributed by atoms with Gasteiger partial charge in [-0.2, -0.15) is 0 Å². The molecular weight excluding hydrogens is 243 g/mol. The Balaban J connectivity index is 1.78. The third-order valence-corrected chi connectivity index (χ3v) is 11.1. The van der Waals surface area contributed by atoms with E-state index in [1.807, 2.05) is 0 Å². The Hall–Kier alpha value is 0.350. The van der Waals surface area contributed by atoms with Crippen LogP contribution in [0.1, 0.15) is 52.9 Å². The third kappa shape index (κ3) is 1.02. The molecule has 0 aromatic rings. The molecular formula is C15H25O2P. The van der Waals surface area contributed by atoms with Gasteiger partial charge in [0.1, 0.15) is 0 Å². The van der Waals surface area contributed by atoms with Gasteiger partial charge in [-0.15, -0.1) is 0 Å². The van der Waals surface area contributed by atoms with Gasteiger partial charge in [-0.05, 0) is 29.6 Å². The zero-order valence-corrected chi connectivity index (χ0v) is 12.8. The van der Waals surface area contributed by atoms with Gasteiger partial charge in [0.25, 0.3) is 0 Å². The molecule has 0 amide bonds. The van der Waals surface area contributed by atoms with Crippen LogP contribution in [0.3, 0.4) is 0 Å². The number of ether oxygens (including phenoxy) is 2. The van der Waals surface area contributed by atoms with Crippen molar-refractivity contribution in [2.24, 2.45) is 5.41 Å². The summed E-state index contributed by atoms with van der Waals surface area (Å²) in [4.78, 5) is 0. The zero-order valence-electron chi connectivity index (χ0n) is 11.9. The van der Waals surface area contributed by atoms with Crippen molar-refractivity contribution in [1.29, 1.82) is 0 Å². The monoisotopic (exact) mass is 268 g/mol. The van der Waals surface area contributed by atoms with E-state index in [4.69, 9.17) is 9.47 Å². The molecule has 2 heterocycles. The summed E-state index contributed by atoms with van der Waals surface area (Å²) in [5.74, 6) is -0.188. The minimum atomic E-state index is -0.188. The van der Waals surface area contributed by atoms with E-state index in [0.29, 0.717) is 15.7 Å². The van der Waals surface area contributed by atoms with Crippen LogP contribution in [0.25, 0.3) is 0 Å². The van der Waals surface area contributed by atoms with Crippen molar-refractivity contribution in [3.8, 4) is 0 Å². The first-order valence-corrected chi connectivity index (χ1v) is 9.10. The first-order chi connectivity index (χ1) is 8.52. The van der Waals surface area contributed by atoms with Gasteiger partial charge in [0.2, 0.25) is 0 Å². The first-order valence-electron chi connectivity index (χ1n) is 7.58. The van der Waals surface area contributed by atoms with Crippen molar-refractivity contribution in [2.45, 2.75) is 69.0 Å². The summed E-state index contributed by atoms with van der Waals surface area (Å²) in [6.45, 7) is 9.19. The summed E-state index contributed by atoms with van der Waals surface area (Å²) < 4.78 is 12.2. The molecule has 2 saturated heterocycles. The molecule has 0 radical (unpaired) electrons. The molecule has 2 aliphatic heterocycles. The highest BCUT2D eigenvalue weighted by Crippen LogP contribution is 2.92. The summed E-state index contributed by atoms with van der Waals surface area (Å²) in [6.07, 6.45) is 8.06. The Labute approximate surface area is 112 Å². The molecule has 3 heteroatoms. The highest BCUT2D eigenvalue weighted by atomic mass is 31.1. The fraction of sp³-hybridized carbons (Fsp3) is 1.00. The largest absolute Gasteiger partial charge is 0.347 e. The van der Waals surface area contributed by atoms with Crippen molar-refractivity contribution in [3.05, 3.63) is 0 Å². The van der Waals surface area contributed by atoms with Gasteiger partial charge in [0.05, 0.1) is 13.2 Å². The Morgan fingerprint density at radius 1 is 1.00 bits per heavy atom. The molecule has 0 aromatic heterocycles. The first kappa shape index (κ1) is 12.1. The highest BCUT2D eigenvalue weighted by Gasteiger charge is 2.81. The highest BCUT2D eigenvalue weighted by molar-refractivity contribution is 7.63. The van der Waals surface area contributed by atoms with Crippen LogP contribution in [0.15, 0.2) is 0 Å². The second kappa shape index (κ2) is 3.32.